The van der Waals surface area contributed by atoms with E-state index in [2.05, 4.69) is 19.2 Å². The van der Waals surface area contributed by atoms with Crippen LogP contribution in [-0.4, -0.2) is 6.54 Å². The molecule has 1 aromatic carbocycles. The Morgan fingerprint density at radius 3 is 2.65 bits per heavy atom. The molecule has 0 fully saturated rings. The molecule has 0 aliphatic carbocycles. The van der Waals surface area contributed by atoms with E-state index in [1.54, 1.807) is 13.0 Å². The van der Waals surface area contributed by atoms with E-state index in [1.165, 1.54) is 25.7 Å². The van der Waals surface area contributed by atoms with Crippen LogP contribution in [0.5, 0.6) is 0 Å². The van der Waals surface area contributed by atoms with Crippen molar-refractivity contribution in [2.24, 2.45) is 0 Å². The third kappa shape index (κ3) is 4.86. The highest BCUT2D eigenvalue weighted by molar-refractivity contribution is 5.25. The van der Waals surface area contributed by atoms with E-state index in [0.29, 0.717) is 5.56 Å². The van der Waals surface area contributed by atoms with E-state index in [1.807, 2.05) is 12.1 Å². The van der Waals surface area contributed by atoms with Gasteiger partial charge in [0.15, 0.2) is 0 Å². The second-order valence-corrected chi connectivity index (χ2v) is 4.75. The Hall–Kier alpha value is -0.890. The topological polar surface area (TPSA) is 12.0 Å². The van der Waals surface area contributed by atoms with Crippen LogP contribution in [0, 0.1) is 12.7 Å². The summed E-state index contributed by atoms with van der Waals surface area (Å²) < 4.78 is 13.4. The molecule has 1 nitrogen and oxygen atoms in total. The third-order valence-corrected chi connectivity index (χ3v) is 3.18. The Labute approximate surface area is 104 Å². The van der Waals surface area contributed by atoms with Gasteiger partial charge in [0.05, 0.1) is 0 Å². The van der Waals surface area contributed by atoms with Crippen molar-refractivity contribution in [1.82, 2.24) is 5.32 Å². The van der Waals surface area contributed by atoms with E-state index in [-0.39, 0.29) is 11.9 Å². The van der Waals surface area contributed by atoms with Crippen molar-refractivity contribution in [3.63, 3.8) is 0 Å². The molecule has 96 valence electrons. The molecule has 0 aliphatic rings. The van der Waals surface area contributed by atoms with Gasteiger partial charge in [-0.1, -0.05) is 38.3 Å². The summed E-state index contributed by atoms with van der Waals surface area (Å²) in [6, 6.07) is 5.72. The number of hydrogen-bond acceptors (Lipinski definition) is 1. The highest BCUT2D eigenvalue weighted by Crippen LogP contribution is 2.16. The molecule has 0 saturated carbocycles. The molecule has 1 rings (SSSR count). The van der Waals surface area contributed by atoms with E-state index < -0.39 is 0 Å². The van der Waals surface area contributed by atoms with Crippen LogP contribution in [0.2, 0.25) is 0 Å². The first-order chi connectivity index (χ1) is 8.15. The van der Waals surface area contributed by atoms with E-state index in [0.717, 1.165) is 12.1 Å². The van der Waals surface area contributed by atoms with Gasteiger partial charge in [0, 0.05) is 6.04 Å². The van der Waals surface area contributed by atoms with Crippen LogP contribution in [0.3, 0.4) is 0 Å². The zero-order valence-electron chi connectivity index (χ0n) is 11.2. The summed E-state index contributed by atoms with van der Waals surface area (Å²) in [6.45, 7) is 7.10. The van der Waals surface area contributed by atoms with Crippen LogP contribution >= 0.6 is 0 Å². The third-order valence-electron chi connectivity index (χ3n) is 3.18. The summed E-state index contributed by atoms with van der Waals surface area (Å²) in [5, 5.41) is 3.44. The minimum atomic E-state index is -0.109. The van der Waals surface area contributed by atoms with Crippen LogP contribution < -0.4 is 5.32 Å². The molecular weight excluding hydrogens is 213 g/mol. The van der Waals surface area contributed by atoms with Crippen molar-refractivity contribution >= 4 is 0 Å². The number of halogens is 1. The lowest BCUT2D eigenvalue weighted by Crippen LogP contribution is -2.20. The van der Waals surface area contributed by atoms with Crippen molar-refractivity contribution in [3.05, 3.63) is 35.1 Å². The van der Waals surface area contributed by atoms with Gasteiger partial charge >= 0.3 is 0 Å². The van der Waals surface area contributed by atoms with Gasteiger partial charge in [0.2, 0.25) is 0 Å². The molecule has 0 aliphatic heterocycles. The normalized spacial score (nSPS) is 12.7. The average molecular weight is 237 g/mol. The molecule has 0 radical (unpaired) electrons. The molecule has 0 saturated heterocycles. The van der Waals surface area contributed by atoms with E-state index >= 15 is 0 Å². The standard InChI is InChI=1S/C15H24FN/c1-4-5-6-7-10-17-13(3)14-9-8-12(2)15(16)11-14/h8-9,11,13,17H,4-7,10H2,1-3H3. The molecule has 1 N–H and O–H groups in total. The largest absolute Gasteiger partial charge is 0.310 e. The fourth-order valence-electron chi connectivity index (χ4n) is 1.87. The number of rotatable bonds is 7. The maximum atomic E-state index is 13.4. The molecule has 0 heterocycles. The Morgan fingerprint density at radius 1 is 1.24 bits per heavy atom. The summed E-state index contributed by atoms with van der Waals surface area (Å²) in [5.74, 6) is -0.109. The highest BCUT2D eigenvalue weighted by atomic mass is 19.1. The molecule has 17 heavy (non-hydrogen) atoms. The van der Waals surface area contributed by atoms with Crippen molar-refractivity contribution in [1.29, 1.82) is 0 Å². The van der Waals surface area contributed by atoms with Gasteiger partial charge in [0.1, 0.15) is 5.82 Å². The molecule has 0 amide bonds. The number of hydrogen-bond donors (Lipinski definition) is 1. The zero-order chi connectivity index (χ0) is 12.7. The molecule has 1 unspecified atom stereocenters. The van der Waals surface area contributed by atoms with Gasteiger partial charge < -0.3 is 5.32 Å². The first-order valence-corrected chi connectivity index (χ1v) is 6.64. The fourth-order valence-corrected chi connectivity index (χ4v) is 1.87. The van der Waals surface area contributed by atoms with Crippen molar-refractivity contribution in [2.45, 2.75) is 52.5 Å². The zero-order valence-corrected chi connectivity index (χ0v) is 11.2. The van der Waals surface area contributed by atoms with Crippen molar-refractivity contribution in [2.75, 3.05) is 6.54 Å². The Bertz CT molecular complexity index is 336. The minimum absolute atomic E-state index is 0.109. The van der Waals surface area contributed by atoms with Gasteiger partial charge in [0.25, 0.3) is 0 Å². The molecule has 0 spiro atoms. The van der Waals surface area contributed by atoms with Crippen LogP contribution in [0.15, 0.2) is 18.2 Å². The smallest absolute Gasteiger partial charge is 0.126 e. The molecule has 2 heteroatoms. The SMILES string of the molecule is CCCCCCNC(C)c1ccc(C)c(F)c1. The minimum Gasteiger partial charge on any atom is -0.310 e. The van der Waals surface area contributed by atoms with Crippen molar-refractivity contribution in [3.8, 4) is 0 Å². The van der Waals surface area contributed by atoms with Crippen LogP contribution in [0.1, 0.15) is 56.7 Å². The Balaban J connectivity index is 2.36. The van der Waals surface area contributed by atoms with Gasteiger partial charge in [-0.3, -0.25) is 0 Å². The predicted octanol–water partition coefficient (Wildman–Crippen LogP) is 4.37. The Kier molecular flexibility index (Phi) is 6.20. The quantitative estimate of drug-likeness (QED) is 0.695. The summed E-state index contributed by atoms with van der Waals surface area (Å²) in [6.07, 6.45) is 5.04. The number of nitrogens with one attached hydrogen (secondary N) is 1. The molecule has 1 atom stereocenters. The first-order valence-electron chi connectivity index (χ1n) is 6.64. The number of benzene rings is 1. The predicted molar refractivity (Wildman–Crippen MR) is 71.7 cm³/mol. The maximum Gasteiger partial charge on any atom is 0.126 e. The van der Waals surface area contributed by atoms with Gasteiger partial charge in [-0.15, -0.1) is 0 Å². The summed E-state index contributed by atoms with van der Waals surface area (Å²) in [7, 11) is 0. The van der Waals surface area contributed by atoms with Gasteiger partial charge in [-0.25, -0.2) is 4.39 Å². The second kappa shape index (κ2) is 7.44. The monoisotopic (exact) mass is 237 g/mol. The first kappa shape index (κ1) is 14.2. The van der Waals surface area contributed by atoms with Crippen LogP contribution in [-0.2, 0) is 0 Å². The highest BCUT2D eigenvalue weighted by Gasteiger charge is 2.06. The lowest BCUT2D eigenvalue weighted by Gasteiger charge is -2.14. The lowest BCUT2D eigenvalue weighted by atomic mass is 10.1. The molecular formula is C15H24FN. The Morgan fingerprint density at radius 2 is 2.00 bits per heavy atom. The summed E-state index contributed by atoms with van der Waals surface area (Å²) in [5.41, 5.74) is 1.74. The van der Waals surface area contributed by atoms with Gasteiger partial charge in [-0.05, 0) is 44.0 Å². The summed E-state index contributed by atoms with van der Waals surface area (Å²) in [4.78, 5) is 0. The second-order valence-electron chi connectivity index (χ2n) is 4.75. The average Bonchev–Trinajstić information content (AvgIpc) is 2.32. The van der Waals surface area contributed by atoms with Crippen molar-refractivity contribution < 1.29 is 4.39 Å². The van der Waals surface area contributed by atoms with Crippen LogP contribution in [0.25, 0.3) is 0 Å². The number of aryl methyl sites for hydroxylation is 1. The number of unbranched alkanes of at least 4 members (excludes halogenated alkanes) is 3. The van der Waals surface area contributed by atoms with Crippen LogP contribution in [0.4, 0.5) is 4.39 Å². The van der Waals surface area contributed by atoms with E-state index in [9.17, 15) is 4.39 Å². The lowest BCUT2D eigenvalue weighted by molar-refractivity contribution is 0.532. The molecule has 0 bridgehead atoms. The van der Waals surface area contributed by atoms with Gasteiger partial charge in [-0.2, -0.15) is 0 Å². The maximum absolute atomic E-state index is 13.4. The molecule has 1 aromatic rings. The molecule has 0 aromatic heterocycles. The van der Waals surface area contributed by atoms with E-state index in [4.69, 9.17) is 0 Å². The summed E-state index contributed by atoms with van der Waals surface area (Å²) >= 11 is 0. The fraction of sp³-hybridized carbons (Fsp3) is 0.600.